The number of halogens is 2. The molecule has 0 saturated heterocycles. The number of carboxylic acid groups (broad SMARTS) is 1. The summed E-state index contributed by atoms with van der Waals surface area (Å²) in [6.45, 7) is 0. The maximum Gasteiger partial charge on any atom is 0.371 e. The lowest BCUT2D eigenvalue weighted by Gasteiger charge is -2.06. The van der Waals surface area contributed by atoms with E-state index in [0.29, 0.717) is 16.7 Å². The number of alkyl halides is 2. The van der Waals surface area contributed by atoms with Crippen LogP contribution < -0.4 is 5.32 Å². The van der Waals surface area contributed by atoms with E-state index in [2.05, 4.69) is 10.4 Å². The number of aryl methyl sites for hydroxylation is 1. The largest absolute Gasteiger partial charge is 0.475 e. The lowest BCUT2D eigenvalue weighted by Crippen LogP contribution is -2.14. The summed E-state index contributed by atoms with van der Waals surface area (Å²) in [4.78, 5) is 23.1. The van der Waals surface area contributed by atoms with Gasteiger partial charge in [0.1, 0.15) is 11.3 Å². The lowest BCUT2D eigenvalue weighted by molar-refractivity contribution is 0.0664. The molecule has 9 heteroatoms. The number of carbonyl (C=O) groups is 2. The van der Waals surface area contributed by atoms with E-state index in [1.165, 1.54) is 31.3 Å². The molecule has 0 saturated carbocycles. The average molecular weight is 335 g/mol. The van der Waals surface area contributed by atoms with Gasteiger partial charge >= 0.3 is 5.97 Å². The standard InChI is InChI=1S/C15H11F2N3O4/c1-20-12(13(16)17)9(6-18-20)14(21)19-8-2-3-10-7(4-8)5-11(24-10)15(22)23/h2-6,13H,1H3,(H,19,21)(H,22,23). The molecule has 0 unspecified atom stereocenters. The van der Waals surface area contributed by atoms with Crippen molar-refractivity contribution in [1.29, 1.82) is 0 Å². The molecule has 0 bridgehead atoms. The van der Waals surface area contributed by atoms with Crippen molar-refractivity contribution in [1.82, 2.24) is 9.78 Å². The number of hydrogen-bond donors (Lipinski definition) is 2. The van der Waals surface area contributed by atoms with E-state index in [1.54, 1.807) is 0 Å². The van der Waals surface area contributed by atoms with E-state index in [-0.39, 0.29) is 11.3 Å². The van der Waals surface area contributed by atoms with Gasteiger partial charge in [-0.2, -0.15) is 5.10 Å². The quantitative estimate of drug-likeness (QED) is 0.764. The number of fused-ring (bicyclic) bond motifs is 1. The fourth-order valence-electron chi connectivity index (χ4n) is 2.31. The molecule has 2 aromatic heterocycles. The average Bonchev–Trinajstić information content (AvgIpc) is 3.10. The molecule has 3 rings (SSSR count). The number of furan rings is 1. The van der Waals surface area contributed by atoms with Crippen LogP contribution >= 0.6 is 0 Å². The summed E-state index contributed by atoms with van der Waals surface area (Å²) in [5.74, 6) is -2.19. The van der Waals surface area contributed by atoms with Crippen LogP contribution in [-0.2, 0) is 7.05 Å². The van der Waals surface area contributed by atoms with Crippen LogP contribution in [0.4, 0.5) is 14.5 Å². The Morgan fingerprint density at radius 1 is 1.33 bits per heavy atom. The number of amides is 1. The third kappa shape index (κ3) is 2.71. The number of carbonyl (C=O) groups excluding carboxylic acids is 1. The maximum absolute atomic E-state index is 13.0. The van der Waals surface area contributed by atoms with Crippen molar-refractivity contribution < 1.29 is 27.9 Å². The van der Waals surface area contributed by atoms with E-state index in [1.807, 2.05) is 0 Å². The molecule has 0 aliphatic heterocycles. The van der Waals surface area contributed by atoms with Gasteiger partial charge in [-0.1, -0.05) is 0 Å². The number of benzene rings is 1. The number of rotatable bonds is 4. The predicted molar refractivity (Wildman–Crippen MR) is 79.3 cm³/mol. The van der Waals surface area contributed by atoms with Crippen LogP contribution in [0, 0.1) is 0 Å². The first-order valence-corrected chi connectivity index (χ1v) is 6.75. The molecule has 0 aliphatic carbocycles. The highest BCUT2D eigenvalue weighted by atomic mass is 19.3. The zero-order valence-corrected chi connectivity index (χ0v) is 12.3. The summed E-state index contributed by atoms with van der Waals surface area (Å²) in [6, 6.07) is 5.76. The SMILES string of the molecule is Cn1ncc(C(=O)Nc2ccc3oc(C(=O)O)cc3c2)c1C(F)F. The van der Waals surface area contributed by atoms with Crippen molar-refractivity contribution in [2.24, 2.45) is 7.05 Å². The molecule has 0 fully saturated rings. The highest BCUT2D eigenvalue weighted by molar-refractivity contribution is 6.06. The van der Waals surface area contributed by atoms with Crippen molar-refractivity contribution >= 4 is 28.5 Å². The first-order valence-electron chi connectivity index (χ1n) is 6.75. The highest BCUT2D eigenvalue weighted by Gasteiger charge is 2.23. The van der Waals surface area contributed by atoms with Gasteiger partial charge < -0.3 is 14.8 Å². The van der Waals surface area contributed by atoms with Crippen molar-refractivity contribution in [3.63, 3.8) is 0 Å². The van der Waals surface area contributed by atoms with Crippen LogP contribution in [0.5, 0.6) is 0 Å². The van der Waals surface area contributed by atoms with Crippen LogP contribution in [0.2, 0.25) is 0 Å². The summed E-state index contributed by atoms with van der Waals surface area (Å²) in [5.41, 5.74) is -0.0644. The molecular formula is C15H11F2N3O4. The van der Waals surface area contributed by atoms with Crippen molar-refractivity contribution in [2.45, 2.75) is 6.43 Å². The minimum atomic E-state index is -2.84. The van der Waals surface area contributed by atoms with Gasteiger partial charge in [0, 0.05) is 18.1 Å². The summed E-state index contributed by atoms with van der Waals surface area (Å²) in [6.07, 6.45) is -1.77. The molecule has 0 aliphatic rings. The third-order valence-electron chi connectivity index (χ3n) is 3.42. The number of carboxylic acids is 1. The molecule has 24 heavy (non-hydrogen) atoms. The van der Waals surface area contributed by atoms with Gasteiger partial charge in [0.2, 0.25) is 5.76 Å². The Morgan fingerprint density at radius 2 is 2.08 bits per heavy atom. The topological polar surface area (TPSA) is 97.4 Å². The summed E-state index contributed by atoms with van der Waals surface area (Å²) >= 11 is 0. The summed E-state index contributed by atoms with van der Waals surface area (Å²) < 4.78 is 32.0. The number of hydrogen-bond acceptors (Lipinski definition) is 4. The van der Waals surface area contributed by atoms with E-state index < -0.39 is 24.0 Å². The van der Waals surface area contributed by atoms with E-state index >= 15 is 0 Å². The van der Waals surface area contributed by atoms with E-state index in [4.69, 9.17) is 9.52 Å². The summed E-state index contributed by atoms with van der Waals surface area (Å²) in [7, 11) is 1.32. The Kier molecular flexibility index (Phi) is 3.76. The second-order valence-corrected chi connectivity index (χ2v) is 4.99. The predicted octanol–water partition coefficient (Wildman–Crippen LogP) is 3.05. The summed E-state index contributed by atoms with van der Waals surface area (Å²) in [5, 5.41) is 15.5. The highest BCUT2D eigenvalue weighted by Crippen LogP contribution is 2.25. The van der Waals surface area contributed by atoms with Crippen LogP contribution in [0.25, 0.3) is 11.0 Å². The van der Waals surface area contributed by atoms with Crippen LogP contribution in [-0.4, -0.2) is 26.8 Å². The van der Waals surface area contributed by atoms with Crippen LogP contribution in [0.3, 0.4) is 0 Å². The number of anilines is 1. The zero-order valence-electron chi connectivity index (χ0n) is 12.3. The maximum atomic E-state index is 13.0. The van der Waals surface area contributed by atoms with Gasteiger partial charge in [0.05, 0.1) is 11.8 Å². The van der Waals surface area contributed by atoms with Gasteiger partial charge in [0.15, 0.2) is 0 Å². The van der Waals surface area contributed by atoms with E-state index in [0.717, 1.165) is 10.9 Å². The Hall–Kier alpha value is -3.23. The van der Waals surface area contributed by atoms with Gasteiger partial charge in [-0.15, -0.1) is 0 Å². The number of aromatic nitrogens is 2. The Balaban J connectivity index is 1.89. The van der Waals surface area contributed by atoms with Crippen molar-refractivity contribution in [3.05, 3.63) is 47.5 Å². The molecule has 2 N–H and O–H groups in total. The monoisotopic (exact) mass is 335 g/mol. The van der Waals surface area contributed by atoms with Crippen molar-refractivity contribution in [2.75, 3.05) is 5.32 Å². The molecule has 0 spiro atoms. The van der Waals surface area contributed by atoms with Gasteiger partial charge in [-0.25, -0.2) is 13.6 Å². The Morgan fingerprint density at radius 3 is 2.75 bits per heavy atom. The molecule has 124 valence electrons. The molecule has 1 amide bonds. The first-order chi connectivity index (χ1) is 11.4. The fraction of sp³-hybridized carbons (Fsp3) is 0.133. The number of aromatic carboxylic acids is 1. The smallest absolute Gasteiger partial charge is 0.371 e. The molecular weight excluding hydrogens is 324 g/mol. The Labute approximate surface area is 133 Å². The van der Waals surface area contributed by atoms with E-state index in [9.17, 15) is 18.4 Å². The molecule has 3 aromatic rings. The van der Waals surface area contributed by atoms with Crippen molar-refractivity contribution in [3.8, 4) is 0 Å². The fourth-order valence-corrected chi connectivity index (χ4v) is 2.31. The van der Waals surface area contributed by atoms with Gasteiger partial charge in [0.25, 0.3) is 12.3 Å². The van der Waals surface area contributed by atoms with Gasteiger partial charge in [-0.05, 0) is 24.3 Å². The van der Waals surface area contributed by atoms with Crippen LogP contribution in [0.15, 0.2) is 34.9 Å². The first kappa shape index (κ1) is 15.7. The number of nitrogens with one attached hydrogen (secondary N) is 1. The lowest BCUT2D eigenvalue weighted by atomic mass is 10.2. The van der Waals surface area contributed by atoms with Crippen LogP contribution in [0.1, 0.15) is 33.0 Å². The minimum absolute atomic E-state index is 0.231. The normalized spacial score (nSPS) is 11.2. The third-order valence-corrected chi connectivity index (χ3v) is 3.42. The molecule has 1 aromatic carbocycles. The zero-order chi connectivity index (χ0) is 17.4. The number of nitrogens with zero attached hydrogens (tertiary/aromatic N) is 2. The second kappa shape index (κ2) is 5.76. The minimum Gasteiger partial charge on any atom is -0.475 e. The van der Waals surface area contributed by atoms with Gasteiger partial charge in [-0.3, -0.25) is 9.48 Å². The molecule has 7 nitrogen and oxygen atoms in total. The molecule has 0 radical (unpaired) electrons. The second-order valence-electron chi connectivity index (χ2n) is 4.99. The molecule has 0 atom stereocenters. The Bertz CT molecular complexity index is 945. The molecule has 2 heterocycles.